The van der Waals surface area contributed by atoms with E-state index >= 15 is 0 Å². The number of nitrogens with zero attached hydrogens (tertiary/aromatic N) is 1. The molecule has 1 atom stereocenters. The fourth-order valence-electron chi connectivity index (χ4n) is 2.68. The van der Waals surface area contributed by atoms with E-state index in [1.54, 1.807) is 14.2 Å². The molecule has 0 radical (unpaired) electrons. The Hall–Kier alpha value is -2.20. The van der Waals surface area contributed by atoms with Gasteiger partial charge >= 0.3 is 0 Å². The molecule has 0 aliphatic carbocycles. The van der Waals surface area contributed by atoms with Gasteiger partial charge in [-0.25, -0.2) is 5.06 Å². The van der Waals surface area contributed by atoms with Gasteiger partial charge in [0.25, 0.3) is 0 Å². The number of hydroxylamine groups is 1. The number of hydrogen-bond acceptors (Lipinski definition) is 4. The van der Waals surface area contributed by atoms with Crippen molar-refractivity contribution in [1.29, 1.82) is 0 Å². The highest BCUT2D eigenvalue weighted by atomic mass is 16.5. The van der Waals surface area contributed by atoms with Crippen molar-refractivity contribution in [2.24, 2.45) is 5.41 Å². The Morgan fingerprint density at radius 1 is 0.826 bits per heavy atom. The van der Waals surface area contributed by atoms with Gasteiger partial charge in [-0.3, -0.25) is 5.21 Å². The van der Waals surface area contributed by atoms with Crippen molar-refractivity contribution in [3.63, 3.8) is 0 Å². The molecular formula is C19H25NO3. The molecule has 0 saturated carbocycles. The second kappa shape index (κ2) is 6.92. The first-order valence-electron chi connectivity index (χ1n) is 7.63. The first kappa shape index (κ1) is 17.2. The number of anilines is 1. The Labute approximate surface area is 138 Å². The van der Waals surface area contributed by atoms with E-state index < -0.39 is 0 Å². The number of hydrogen-bond donors (Lipinski definition) is 1. The van der Waals surface area contributed by atoms with Gasteiger partial charge in [0, 0.05) is 0 Å². The predicted octanol–water partition coefficient (Wildman–Crippen LogP) is 4.69. The molecule has 0 saturated heterocycles. The molecule has 0 heterocycles. The zero-order valence-electron chi connectivity index (χ0n) is 14.4. The van der Waals surface area contributed by atoms with Crippen LogP contribution in [0.4, 0.5) is 5.69 Å². The highest BCUT2D eigenvalue weighted by molar-refractivity contribution is 5.49. The summed E-state index contributed by atoms with van der Waals surface area (Å²) in [5.41, 5.74) is 1.58. The second-order valence-corrected chi connectivity index (χ2v) is 6.58. The summed E-state index contributed by atoms with van der Waals surface area (Å²) in [5, 5.41) is 12.1. The van der Waals surface area contributed by atoms with Crippen molar-refractivity contribution >= 4 is 5.69 Å². The van der Waals surface area contributed by atoms with Crippen LogP contribution < -0.4 is 14.5 Å². The van der Waals surface area contributed by atoms with Crippen LogP contribution >= 0.6 is 0 Å². The van der Waals surface area contributed by atoms with Crippen molar-refractivity contribution in [2.75, 3.05) is 19.3 Å². The maximum Gasteiger partial charge on any atom is 0.119 e. The van der Waals surface area contributed by atoms with Gasteiger partial charge < -0.3 is 9.47 Å². The van der Waals surface area contributed by atoms with Gasteiger partial charge in [-0.1, -0.05) is 32.9 Å². The second-order valence-electron chi connectivity index (χ2n) is 6.58. The van der Waals surface area contributed by atoms with Gasteiger partial charge in [0.1, 0.15) is 11.5 Å². The minimum absolute atomic E-state index is 0.163. The zero-order chi connectivity index (χ0) is 17.0. The SMILES string of the molecule is COc1ccc(C(N(O)c2ccc(OC)cc2)C(C)(C)C)cc1. The molecule has 0 fully saturated rings. The minimum Gasteiger partial charge on any atom is -0.497 e. The highest BCUT2D eigenvalue weighted by Gasteiger charge is 2.32. The standard InChI is InChI=1S/C19H25NO3/c1-19(2,3)18(14-6-10-16(22-4)11-7-14)20(21)15-8-12-17(23-5)13-9-15/h6-13,18,21H,1-5H3. The van der Waals surface area contributed by atoms with Gasteiger partial charge in [-0.2, -0.15) is 0 Å². The molecule has 0 amide bonds. The summed E-state index contributed by atoms with van der Waals surface area (Å²) in [6.07, 6.45) is 0. The van der Waals surface area contributed by atoms with Gasteiger partial charge in [0.05, 0.1) is 25.9 Å². The molecule has 4 nitrogen and oxygen atoms in total. The third-order valence-electron chi connectivity index (χ3n) is 3.83. The summed E-state index contributed by atoms with van der Waals surface area (Å²) < 4.78 is 10.4. The van der Waals surface area contributed by atoms with E-state index in [0.29, 0.717) is 0 Å². The van der Waals surface area contributed by atoms with Crippen molar-refractivity contribution < 1.29 is 14.7 Å². The number of benzene rings is 2. The van der Waals surface area contributed by atoms with Crippen molar-refractivity contribution in [3.8, 4) is 11.5 Å². The van der Waals surface area contributed by atoms with E-state index in [2.05, 4.69) is 20.8 Å². The fourth-order valence-corrected chi connectivity index (χ4v) is 2.68. The van der Waals surface area contributed by atoms with Crippen LogP contribution in [0.3, 0.4) is 0 Å². The molecule has 0 aliphatic rings. The third kappa shape index (κ3) is 3.96. The molecule has 1 N–H and O–H groups in total. The summed E-state index contributed by atoms with van der Waals surface area (Å²) >= 11 is 0. The van der Waals surface area contributed by atoms with Gasteiger partial charge in [0.15, 0.2) is 0 Å². The van der Waals surface area contributed by atoms with Crippen molar-refractivity contribution in [2.45, 2.75) is 26.8 Å². The summed E-state index contributed by atoms with van der Waals surface area (Å²) in [7, 11) is 3.27. The molecule has 4 heteroatoms. The maximum atomic E-state index is 10.8. The third-order valence-corrected chi connectivity index (χ3v) is 3.83. The molecule has 0 aliphatic heterocycles. The van der Waals surface area contributed by atoms with Crippen LogP contribution in [-0.2, 0) is 0 Å². The molecule has 124 valence electrons. The molecule has 2 aromatic rings. The lowest BCUT2D eigenvalue weighted by Gasteiger charge is -2.38. The van der Waals surface area contributed by atoms with E-state index in [1.165, 1.54) is 5.06 Å². The maximum absolute atomic E-state index is 10.8. The van der Waals surface area contributed by atoms with Crippen LogP contribution in [0.25, 0.3) is 0 Å². The minimum atomic E-state index is -0.193. The van der Waals surface area contributed by atoms with Gasteiger partial charge in [-0.05, 0) is 47.4 Å². The van der Waals surface area contributed by atoms with Crippen molar-refractivity contribution in [3.05, 3.63) is 54.1 Å². The van der Waals surface area contributed by atoms with Crippen LogP contribution in [0.2, 0.25) is 0 Å². The van der Waals surface area contributed by atoms with E-state index in [1.807, 2.05) is 48.5 Å². The quantitative estimate of drug-likeness (QED) is 0.813. The molecule has 23 heavy (non-hydrogen) atoms. The van der Waals surface area contributed by atoms with E-state index in [4.69, 9.17) is 9.47 Å². The Morgan fingerprint density at radius 2 is 1.26 bits per heavy atom. The predicted molar refractivity (Wildman–Crippen MR) is 92.4 cm³/mol. The first-order valence-corrected chi connectivity index (χ1v) is 7.63. The lowest BCUT2D eigenvalue weighted by atomic mass is 9.82. The molecular weight excluding hydrogens is 290 g/mol. The highest BCUT2D eigenvalue weighted by Crippen LogP contribution is 2.40. The van der Waals surface area contributed by atoms with Crippen LogP contribution in [0.15, 0.2) is 48.5 Å². The molecule has 0 aromatic heterocycles. The van der Waals surface area contributed by atoms with Crippen molar-refractivity contribution in [1.82, 2.24) is 0 Å². The first-order chi connectivity index (χ1) is 10.9. The number of ether oxygens (including phenoxy) is 2. The Balaban J connectivity index is 2.36. The molecule has 2 aromatic carbocycles. The molecule has 0 bridgehead atoms. The summed E-state index contributed by atoms with van der Waals surface area (Å²) in [6, 6.07) is 15.0. The molecule has 0 spiro atoms. The summed E-state index contributed by atoms with van der Waals surface area (Å²) in [5.74, 6) is 1.56. The van der Waals surface area contributed by atoms with Crippen LogP contribution in [-0.4, -0.2) is 19.4 Å². The number of methoxy groups -OCH3 is 2. The lowest BCUT2D eigenvalue weighted by Crippen LogP contribution is -2.34. The summed E-state index contributed by atoms with van der Waals surface area (Å²) in [6.45, 7) is 6.32. The smallest absolute Gasteiger partial charge is 0.119 e. The largest absolute Gasteiger partial charge is 0.497 e. The lowest BCUT2D eigenvalue weighted by molar-refractivity contribution is 0.148. The molecule has 1 unspecified atom stereocenters. The Bertz CT molecular complexity index is 615. The monoisotopic (exact) mass is 315 g/mol. The van der Waals surface area contributed by atoms with E-state index in [0.717, 1.165) is 22.7 Å². The molecule has 2 rings (SSSR count). The number of rotatable bonds is 5. The van der Waals surface area contributed by atoms with Crippen LogP contribution in [0.1, 0.15) is 32.4 Å². The van der Waals surface area contributed by atoms with Crippen LogP contribution in [0.5, 0.6) is 11.5 Å². The average Bonchev–Trinajstić information content (AvgIpc) is 2.54. The van der Waals surface area contributed by atoms with E-state index in [-0.39, 0.29) is 11.5 Å². The Morgan fingerprint density at radius 3 is 1.65 bits per heavy atom. The van der Waals surface area contributed by atoms with Gasteiger partial charge in [-0.15, -0.1) is 0 Å². The topological polar surface area (TPSA) is 41.9 Å². The fraction of sp³-hybridized carbons (Fsp3) is 0.368. The van der Waals surface area contributed by atoms with Crippen LogP contribution in [0, 0.1) is 5.41 Å². The Kier molecular flexibility index (Phi) is 5.16. The zero-order valence-corrected chi connectivity index (χ0v) is 14.4. The van der Waals surface area contributed by atoms with E-state index in [9.17, 15) is 5.21 Å². The summed E-state index contributed by atoms with van der Waals surface area (Å²) in [4.78, 5) is 0. The normalized spacial score (nSPS) is 12.6. The average molecular weight is 315 g/mol. The van der Waals surface area contributed by atoms with Gasteiger partial charge in [0.2, 0.25) is 0 Å².